The molecule has 1 aromatic rings. The Labute approximate surface area is 250 Å². The second kappa shape index (κ2) is 18.1. The fraction of sp³-hybridized carbons (Fsp3) is 0.758. The van der Waals surface area contributed by atoms with Gasteiger partial charge in [-0.15, -0.1) is 0 Å². The Morgan fingerprint density at radius 1 is 0.737 bits per heavy atom. The molecule has 1 aliphatic heterocycles. The fourth-order valence-corrected chi connectivity index (χ4v) is 13.0. The van der Waals surface area contributed by atoms with Gasteiger partial charge in [0.05, 0.1) is 17.0 Å². The smallest absolute Gasteiger partial charge is 0.0130 e. The first-order chi connectivity index (χ1) is 18.4. The van der Waals surface area contributed by atoms with Crippen molar-refractivity contribution >= 4 is 37.6 Å². The van der Waals surface area contributed by atoms with Crippen molar-refractivity contribution in [3.8, 4) is 0 Å². The van der Waals surface area contributed by atoms with Gasteiger partial charge in [0.25, 0.3) is 0 Å². The van der Waals surface area contributed by atoms with Gasteiger partial charge in [-0.3, -0.25) is 0 Å². The number of benzene rings is 1. The van der Waals surface area contributed by atoms with E-state index in [-0.39, 0.29) is 7.92 Å². The van der Waals surface area contributed by atoms with E-state index in [1.807, 2.05) is 11.5 Å². The maximum atomic E-state index is 5.32. The number of anilines is 1. The van der Waals surface area contributed by atoms with Crippen LogP contribution in [-0.2, 0) is 13.5 Å². The molecule has 0 atom stereocenters. The van der Waals surface area contributed by atoms with E-state index in [1.165, 1.54) is 58.7 Å². The maximum absolute atomic E-state index is 5.32. The van der Waals surface area contributed by atoms with Gasteiger partial charge in [-0.1, -0.05) is 43.4 Å². The number of aryl methyl sites for hydroxylation is 3. The molecule has 1 nitrogen and oxygen atoms in total. The van der Waals surface area contributed by atoms with Crippen molar-refractivity contribution in [1.29, 1.82) is 0 Å². The summed E-state index contributed by atoms with van der Waals surface area (Å²) in [6, 6.07) is 4.54. The van der Waals surface area contributed by atoms with Gasteiger partial charge < -0.3 is 4.90 Å². The van der Waals surface area contributed by atoms with Gasteiger partial charge in [0.15, 0.2) is 0 Å². The van der Waals surface area contributed by atoms with Gasteiger partial charge in [-0.25, -0.2) is 6.54 Å². The molecule has 0 unspecified atom stereocenters. The molecule has 0 radical (unpaired) electrons. The predicted molar refractivity (Wildman–Crippen MR) is 174 cm³/mol. The van der Waals surface area contributed by atoms with E-state index in [2.05, 4.69) is 44.3 Å². The Morgan fingerprint density at radius 3 is 1.45 bits per heavy atom. The first-order valence-corrected chi connectivity index (χ1v) is 22.9. The molecule has 3 aliphatic carbocycles. The molecule has 1 heterocycles. The van der Waals surface area contributed by atoms with Crippen molar-refractivity contribution in [2.45, 2.75) is 154 Å². The monoisotopic (exact) mass is 669 g/mol. The normalized spacial score (nSPS) is 21.9. The molecule has 4 fully saturated rings. The van der Waals surface area contributed by atoms with E-state index in [1.54, 1.807) is 96.3 Å². The molecule has 4 aliphatic rings. The van der Waals surface area contributed by atoms with Crippen molar-refractivity contribution in [3.05, 3.63) is 35.4 Å². The van der Waals surface area contributed by atoms with Crippen molar-refractivity contribution in [2.24, 2.45) is 0 Å². The molecule has 1 aromatic carbocycles. The second-order valence-electron chi connectivity index (χ2n) is 12.2. The van der Waals surface area contributed by atoms with E-state index < -0.39 is 13.5 Å². The van der Waals surface area contributed by atoms with Gasteiger partial charge in [0.2, 0.25) is 0 Å². The molecule has 0 amide bonds. The van der Waals surface area contributed by atoms with Gasteiger partial charge >= 0.3 is 44.4 Å². The third kappa shape index (κ3) is 10.7. The Hall–Kier alpha value is 0.523. The van der Waals surface area contributed by atoms with E-state index in [0.29, 0.717) is 0 Å². The summed E-state index contributed by atoms with van der Waals surface area (Å²) in [5.41, 5.74) is 9.28. The van der Waals surface area contributed by atoms with Crippen LogP contribution in [0.4, 0.5) is 5.69 Å². The van der Waals surface area contributed by atoms with Crippen LogP contribution in [0.1, 0.15) is 133 Å². The standard InChI is InChI=1S/C18H33P.C13H18N.C2H4.2ClH.Ru/c1-4-10-16(11-5-1)19(17-12-6-2-7-13-17)18-14-8-3-9-15-18;1-10-8-11(2)13(12(3)9-10)14-6-4-5-7-14;1-2;;;/h16-18H,1-15H2;6,8-9H,4-5,7H2,1-3H3;1H,2H3;2*1H;/q;-1;;;;+2/p-1. The third-order valence-electron chi connectivity index (χ3n) is 9.26. The van der Waals surface area contributed by atoms with E-state index in [4.69, 9.17) is 19.4 Å². The zero-order chi connectivity index (χ0) is 27.3. The van der Waals surface area contributed by atoms with Crippen molar-refractivity contribution in [2.75, 3.05) is 11.4 Å². The number of hydrogen-bond donors (Lipinski definition) is 0. The largest absolute Gasteiger partial charge is 0.522 e. The van der Waals surface area contributed by atoms with E-state index in [0.717, 1.165) is 0 Å². The summed E-state index contributed by atoms with van der Waals surface area (Å²) in [6.45, 7) is 12.0. The van der Waals surface area contributed by atoms with Gasteiger partial charge in [0, 0.05) is 13.6 Å². The zero-order valence-corrected chi connectivity index (χ0v) is 29.1. The first-order valence-electron chi connectivity index (χ1n) is 15.7. The minimum Gasteiger partial charge on any atom is -0.522 e. The molecular weight excluding hydrogens is 613 g/mol. The molecule has 38 heavy (non-hydrogen) atoms. The minimum atomic E-state index is -1.36. The summed E-state index contributed by atoms with van der Waals surface area (Å²) in [7, 11) is 10.6. The molecule has 5 heteroatoms. The third-order valence-corrected chi connectivity index (χ3v) is 16.4. The summed E-state index contributed by atoms with van der Waals surface area (Å²) >= 11 is -1.36. The summed E-state index contributed by atoms with van der Waals surface area (Å²) < 4.78 is 1.84. The van der Waals surface area contributed by atoms with Crippen LogP contribution in [0.25, 0.3) is 0 Å². The minimum absolute atomic E-state index is 0.0465. The van der Waals surface area contributed by atoms with Crippen LogP contribution in [0.2, 0.25) is 0 Å². The molecular formula is C33H56Cl2NPRu. The Kier molecular flexibility index (Phi) is 15.8. The Bertz CT molecular complexity index is 766. The van der Waals surface area contributed by atoms with E-state index in [9.17, 15) is 0 Å². The first kappa shape index (κ1) is 33.0. The van der Waals surface area contributed by atoms with Gasteiger partial charge in [0.1, 0.15) is 0 Å². The molecule has 0 aromatic heterocycles. The number of rotatable bonds is 4. The SMILES string of the molecule is C1CCC([PH+](C2CCCCC2)C2CCCCC2)CC1.C[CH]=[Ru]([Cl])[Cl].Cc1cc(C)c(N2[CH-]CCC2)c(C)c1. The molecule has 0 bridgehead atoms. The fourth-order valence-electron chi connectivity index (χ4n) is 7.74. The van der Waals surface area contributed by atoms with Crippen LogP contribution in [0.3, 0.4) is 0 Å². The molecule has 5 rings (SSSR count). The van der Waals surface area contributed by atoms with Crippen molar-refractivity contribution in [3.63, 3.8) is 0 Å². The molecule has 3 saturated carbocycles. The average Bonchev–Trinajstić information content (AvgIpc) is 3.45. The topological polar surface area (TPSA) is 3.24 Å². The van der Waals surface area contributed by atoms with Crippen LogP contribution < -0.4 is 4.90 Å². The number of halogens is 2. The number of hydrogen-bond acceptors (Lipinski definition) is 1. The Morgan fingerprint density at radius 2 is 1.13 bits per heavy atom. The van der Waals surface area contributed by atoms with Gasteiger partial charge in [-0.05, 0) is 115 Å². The molecule has 1 saturated heterocycles. The summed E-state index contributed by atoms with van der Waals surface area (Å²) in [6.07, 6.45) is 26.3. The van der Waals surface area contributed by atoms with Crippen LogP contribution in [0.15, 0.2) is 12.1 Å². The quantitative estimate of drug-likeness (QED) is 0.175. The summed E-state index contributed by atoms with van der Waals surface area (Å²) in [4.78, 5) is 2.41. The van der Waals surface area contributed by atoms with Crippen LogP contribution >= 0.6 is 27.3 Å². The zero-order valence-electron chi connectivity index (χ0n) is 24.8. The second-order valence-corrected chi connectivity index (χ2v) is 21.9. The molecule has 0 N–H and O–H groups in total. The molecule has 220 valence electrons. The van der Waals surface area contributed by atoms with Crippen molar-refractivity contribution in [1.82, 2.24) is 0 Å². The van der Waals surface area contributed by atoms with Crippen LogP contribution in [0.5, 0.6) is 0 Å². The Balaban J connectivity index is 0.000000185. The predicted octanol–water partition coefficient (Wildman–Crippen LogP) is 11.3. The van der Waals surface area contributed by atoms with Crippen molar-refractivity contribution < 1.29 is 13.5 Å². The van der Waals surface area contributed by atoms with E-state index >= 15 is 0 Å². The molecule has 0 spiro atoms. The average molecular weight is 670 g/mol. The number of nitrogens with zero attached hydrogens (tertiary/aromatic N) is 1. The summed E-state index contributed by atoms with van der Waals surface area (Å²) in [5, 5.41) is 0. The van der Waals surface area contributed by atoms with Crippen LogP contribution in [0, 0.1) is 27.3 Å². The summed E-state index contributed by atoms with van der Waals surface area (Å²) in [5.74, 6) is 0. The van der Waals surface area contributed by atoms with Crippen LogP contribution in [-0.4, -0.2) is 28.1 Å². The maximum Gasteiger partial charge on any atom is 0.0130 e. The van der Waals surface area contributed by atoms with Gasteiger partial charge in [-0.2, -0.15) is 6.42 Å².